The number of sulfonamides is 1. The number of amides is 1. The number of carbonyl (C=O) groups excluding carboxylic acids is 1. The molecule has 0 aromatic carbocycles. The predicted octanol–water partition coefficient (Wildman–Crippen LogP) is 2.35. The Bertz CT molecular complexity index is 764. The van der Waals surface area contributed by atoms with Crippen LogP contribution in [-0.2, 0) is 14.8 Å². The molecule has 1 saturated heterocycles. The summed E-state index contributed by atoms with van der Waals surface area (Å²) < 4.78 is 33.5. The van der Waals surface area contributed by atoms with E-state index in [1.165, 1.54) is 12.3 Å². The van der Waals surface area contributed by atoms with E-state index >= 15 is 0 Å². The van der Waals surface area contributed by atoms with E-state index in [4.69, 9.17) is 10.5 Å². The first kappa shape index (κ1) is 20.9. The number of rotatable bonds is 4. The van der Waals surface area contributed by atoms with Gasteiger partial charge in [0.15, 0.2) is 0 Å². The Kier molecular flexibility index (Phi) is 6.51. The Morgan fingerprint density at radius 1 is 1.50 bits per heavy atom. The molecule has 0 unspecified atom stereocenters. The number of nitrogen functional groups attached to an aromatic ring is 1. The van der Waals surface area contributed by atoms with Gasteiger partial charge in [-0.05, 0) is 61.5 Å². The van der Waals surface area contributed by atoms with Crippen molar-refractivity contribution in [2.24, 2.45) is 5.92 Å². The highest BCUT2D eigenvalue weighted by molar-refractivity contribution is 9.10. The summed E-state index contributed by atoms with van der Waals surface area (Å²) in [5.74, 6) is -0.0490. The maximum Gasteiger partial charge on any atom is 0.410 e. The van der Waals surface area contributed by atoms with E-state index in [9.17, 15) is 13.2 Å². The fraction of sp³-hybridized carbons (Fsp3) is 0.625. The van der Waals surface area contributed by atoms with Crippen LogP contribution in [0.15, 0.2) is 21.6 Å². The maximum atomic E-state index is 12.5. The minimum Gasteiger partial charge on any atom is -0.444 e. The highest BCUT2D eigenvalue weighted by Gasteiger charge is 2.29. The normalized spacial score (nSPS) is 18.6. The smallest absolute Gasteiger partial charge is 0.410 e. The Balaban J connectivity index is 1.98. The van der Waals surface area contributed by atoms with Gasteiger partial charge >= 0.3 is 6.09 Å². The van der Waals surface area contributed by atoms with Gasteiger partial charge in [0, 0.05) is 30.3 Å². The van der Waals surface area contributed by atoms with E-state index in [2.05, 4.69) is 25.6 Å². The van der Waals surface area contributed by atoms with Crippen molar-refractivity contribution >= 4 is 37.9 Å². The van der Waals surface area contributed by atoms with E-state index < -0.39 is 15.6 Å². The molecule has 1 atom stereocenters. The van der Waals surface area contributed by atoms with Crippen LogP contribution in [0.3, 0.4) is 0 Å². The molecular weight excluding hydrogens is 424 g/mol. The summed E-state index contributed by atoms with van der Waals surface area (Å²) in [5.41, 5.74) is 5.13. The van der Waals surface area contributed by atoms with Gasteiger partial charge in [0.2, 0.25) is 10.0 Å². The summed E-state index contributed by atoms with van der Waals surface area (Å²) in [7, 11) is -3.78. The highest BCUT2D eigenvalue weighted by Crippen LogP contribution is 2.22. The van der Waals surface area contributed by atoms with Gasteiger partial charge in [-0.2, -0.15) is 0 Å². The van der Waals surface area contributed by atoms with Crippen LogP contribution in [0.25, 0.3) is 0 Å². The number of carbonyl (C=O) groups is 1. The van der Waals surface area contributed by atoms with E-state index in [1.54, 1.807) is 4.90 Å². The Hall–Kier alpha value is -1.39. The van der Waals surface area contributed by atoms with Crippen molar-refractivity contribution in [1.82, 2.24) is 14.6 Å². The highest BCUT2D eigenvalue weighted by atomic mass is 79.9. The molecule has 1 aromatic heterocycles. The molecule has 0 radical (unpaired) electrons. The molecule has 146 valence electrons. The number of hydrogen-bond acceptors (Lipinski definition) is 6. The van der Waals surface area contributed by atoms with Gasteiger partial charge in [-0.15, -0.1) is 0 Å². The topological polar surface area (TPSA) is 115 Å². The van der Waals surface area contributed by atoms with Crippen LogP contribution in [0.4, 0.5) is 10.6 Å². The second kappa shape index (κ2) is 8.10. The molecule has 1 amide bonds. The van der Waals surface area contributed by atoms with Crippen molar-refractivity contribution in [3.05, 3.63) is 16.7 Å². The van der Waals surface area contributed by atoms with E-state index in [0.717, 1.165) is 12.8 Å². The number of halogens is 1. The molecule has 2 heterocycles. The number of nitrogens with two attached hydrogens (primary N) is 1. The molecule has 2 rings (SSSR count). The van der Waals surface area contributed by atoms with Gasteiger partial charge in [-0.25, -0.2) is 22.9 Å². The lowest BCUT2D eigenvalue weighted by atomic mass is 9.99. The Morgan fingerprint density at radius 3 is 2.85 bits per heavy atom. The molecule has 0 saturated carbocycles. The lowest BCUT2D eigenvalue weighted by Crippen LogP contribution is -2.45. The van der Waals surface area contributed by atoms with Gasteiger partial charge in [-0.1, -0.05) is 0 Å². The van der Waals surface area contributed by atoms with Crippen molar-refractivity contribution < 1.29 is 17.9 Å². The zero-order valence-electron chi connectivity index (χ0n) is 15.2. The number of aromatic nitrogens is 1. The molecule has 26 heavy (non-hydrogen) atoms. The SMILES string of the molecule is CC(C)(C)OC(=O)N1CCC[C@@H](CNS(=O)(=O)c2cc(Br)cnc2N)C1. The van der Waals surface area contributed by atoms with Gasteiger partial charge in [0.05, 0.1) is 0 Å². The molecule has 0 bridgehead atoms. The number of likely N-dealkylation sites (tertiary alicyclic amines) is 1. The summed E-state index contributed by atoms with van der Waals surface area (Å²) in [4.78, 5) is 17.6. The maximum absolute atomic E-state index is 12.5. The first-order valence-electron chi connectivity index (χ1n) is 8.36. The molecule has 1 aliphatic rings. The second-order valence-corrected chi connectivity index (χ2v) is 9.97. The van der Waals surface area contributed by atoms with Gasteiger partial charge in [0.25, 0.3) is 0 Å². The predicted molar refractivity (Wildman–Crippen MR) is 102 cm³/mol. The minimum absolute atomic E-state index is 0.00683. The van der Waals surface area contributed by atoms with Crippen LogP contribution in [0.5, 0.6) is 0 Å². The lowest BCUT2D eigenvalue weighted by molar-refractivity contribution is 0.0169. The van der Waals surface area contributed by atoms with Gasteiger partial charge < -0.3 is 15.4 Å². The number of nitrogens with one attached hydrogen (secondary N) is 1. The standard InChI is InChI=1S/C16H25BrN4O4S/c1-16(2,3)25-15(22)21-6-4-5-11(10-21)8-20-26(23,24)13-7-12(17)9-19-14(13)18/h7,9,11,20H,4-6,8,10H2,1-3H3,(H2,18,19)/t11-/m0/s1. The first-order valence-corrected chi connectivity index (χ1v) is 10.6. The van der Waals surface area contributed by atoms with Crippen molar-refractivity contribution in [2.75, 3.05) is 25.4 Å². The zero-order chi connectivity index (χ0) is 19.5. The zero-order valence-corrected chi connectivity index (χ0v) is 17.6. The van der Waals surface area contributed by atoms with Crippen LogP contribution in [-0.4, -0.2) is 49.6 Å². The second-order valence-electron chi connectivity index (χ2n) is 7.32. The molecule has 8 nitrogen and oxygen atoms in total. The van der Waals surface area contributed by atoms with Crippen molar-refractivity contribution in [3.8, 4) is 0 Å². The molecule has 1 aliphatic heterocycles. The summed E-state index contributed by atoms with van der Waals surface area (Å²) in [5, 5.41) is 0. The summed E-state index contributed by atoms with van der Waals surface area (Å²) in [6, 6.07) is 1.42. The summed E-state index contributed by atoms with van der Waals surface area (Å²) in [6.07, 6.45) is 2.69. The number of nitrogens with zero attached hydrogens (tertiary/aromatic N) is 2. The first-order chi connectivity index (χ1) is 12.0. The van der Waals surface area contributed by atoms with Crippen molar-refractivity contribution in [2.45, 2.75) is 44.1 Å². The molecule has 0 aliphatic carbocycles. The Morgan fingerprint density at radius 2 is 2.19 bits per heavy atom. The number of hydrogen-bond donors (Lipinski definition) is 2. The largest absolute Gasteiger partial charge is 0.444 e. The minimum atomic E-state index is -3.78. The average Bonchev–Trinajstić information content (AvgIpc) is 2.54. The van der Waals surface area contributed by atoms with E-state index in [1.807, 2.05) is 20.8 Å². The molecule has 1 fully saturated rings. The van der Waals surface area contributed by atoms with Crippen LogP contribution in [0, 0.1) is 5.92 Å². The fourth-order valence-corrected chi connectivity index (χ4v) is 4.38. The number of pyridine rings is 1. The monoisotopic (exact) mass is 448 g/mol. The summed E-state index contributed by atoms with van der Waals surface area (Å²) >= 11 is 3.20. The molecule has 1 aromatic rings. The van der Waals surface area contributed by atoms with Crippen LogP contribution < -0.4 is 10.5 Å². The molecule has 10 heteroatoms. The van der Waals surface area contributed by atoms with Crippen molar-refractivity contribution in [1.29, 1.82) is 0 Å². The number of ether oxygens (including phenoxy) is 1. The third-order valence-electron chi connectivity index (χ3n) is 3.87. The van der Waals surface area contributed by atoms with Crippen LogP contribution >= 0.6 is 15.9 Å². The molecular formula is C16H25BrN4O4S. The van der Waals surface area contributed by atoms with Crippen LogP contribution in [0.1, 0.15) is 33.6 Å². The third-order valence-corrected chi connectivity index (χ3v) is 5.76. The van der Waals surface area contributed by atoms with Crippen molar-refractivity contribution in [3.63, 3.8) is 0 Å². The lowest BCUT2D eigenvalue weighted by Gasteiger charge is -2.34. The molecule has 3 N–H and O–H groups in total. The Labute approximate surface area is 162 Å². The number of anilines is 1. The van der Waals surface area contributed by atoms with E-state index in [0.29, 0.717) is 17.6 Å². The molecule has 0 spiro atoms. The summed E-state index contributed by atoms with van der Waals surface area (Å²) in [6.45, 7) is 6.72. The fourth-order valence-electron chi connectivity index (χ4n) is 2.68. The number of piperidine rings is 1. The average molecular weight is 449 g/mol. The van der Waals surface area contributed by atoms with Gasteiger partial charge in [-0.3, -0.25) is 0 Å². The van der Waals surface area contributed by atoms with E-state index in [-0.39, 0.29) is 29.3 Å². The van der Waals surface area contributed by atoms with Crippen LogP contribution in [0.2, 0.25) is 0 Å². The third kappa shape index (κ3) is 5.82. The quantitative estimate of drug-likeness (QED) is 0.730. The van der Waals surface area contributed by atoms with Gasteiger partial charge in [0.1, 0.15) is 16.3 Å².